The van der Waals surface area contributed by atoms with E-state index >= 15 is 0 Å². The molecule has 30 heavy (non-hydrogen) atoms. The number of carbonyl (C=O) groups excluding carboxylic acids is 1. The number of hydrogen-bond acceptors (Lipinski definition) is 4. The zero-order valence-corrected chi connectivity index (χ0v) is 17.6. The predicted molar refractivity (Wildman–Crippen MR) is 117 cm³/mol. The molecule has 0 fully saturated rings. The van der Waals surface area contributed by atoms with Crippen LogP contribution in [0.5, 0.6) is 0 Å². The van der Waals surface area contributed by atoms with E-state index in [9.17, 15) is 13.2 Å². The van der Waals surface area contributed by atoms with Gasteiger partial charge in [0.05, 0.1) is 10.9 Å². The van der Waals surface area contributed by atoms with Gasteiger partial charge in [0.15, 0.2) is 0 Å². The van der Waals surface area contributed by atoms with Gasteiger partial charge in [-0.3, -0.25) is 4.98 Å². The molecular formula is C22H24N4O3S. The summed E-state index contributed by atoms with van der Waals surface area (Å²) in [5.41, 5.74) is 3.03. The van der Waals surface area contributed by atoms with Gasteiger partial charge in [0.2, 0.25) is 10.0 Å². The fraction of sp³-hybridized carbons (Fsp3) is 0.182. The summed E-state index contributed by atoms with van der Waals surface area (Å²) < 4.78 is 28.3. The van der Waals surface area contributed by atoms with Gasteiger partial charge in [-0.05, 0) is 43.2 Å². The molecular weight excluding hydrogens is 400 g/mol. The lowest BCUT2D eigenvalue weighted by molar-refractivity contribution is 0.248. The van der Waals surface area contributed by atoms with Crippen LogP contribution in [0.2, 0.25) is 0 Å². The van der Waals surface area contributed by atoms with E-state index in [1.165, 1.54) is 0 Å². The number of aromatic nitrogens is 1. The number of anilines is 1. The molecule has 8 heteroatoms. The number of aryl methyl sites for hydroxylation is 2. The molecule has 0 radical (unpaired) electrons. The Kier molecular flexibility index (Phi) is 6.81. The lowest BCUT2D eigenvalue weighted by Gasteiger charge is -2.20. The van der Waals surface area contributed by atoms with Gasteiger partial charge >= 0.3 is 6.03 Å². The Bertz CT molecular complexity index is 1100. The first kappa shape index (κ1) is 21.5. The van der Waals surface area contributed by atoms with Gasteiger partial charge in [-0.1, -0.05) is 48.0 Å². The van der Waals surface area contributed by atoms with E-state index in [2.05, 4.69) is 20.3 Å². The summed E-state index contributed by atoms with van der Waals surface area (Å²) in [6.45, 7) is 3.67. The van der Waals surface area contributed by atoms with Crippen LogP contribution in [0, 0.1) is 13.8 Å². The summed E-state index contributed by atoms with van der Waals surface area (Å²) in [6.07, 6.45) is 3.14. The molecule has 1 unspecified atom stereocenters. The number of rotatable bonds is 7. The van der Waals surface area contributed by atoms with Crippen molar-refractivity contribution in [2.24, 2.45) is 0 Å². The minimum Gasteiger partial charge on any atom is -0.330 e. The third kappa shape index (κ3) is 5.65. The topological polar surface area (TPSA) is 100 Å². The molecule has 0 aliphatic carbocycles. The summed E-state index contributed by atoms with van der Waals surface area (Å²) in [6, 6.07) is 16.7. The molecule has 1 atom stereocenters. The Hall–Kier alpha value is -3.23. The molecule has 3 aromatic rings. The highest BCUT2D eigenvalue weighted by atomic mass is 32.2. The number of benzene rings is 2. The van der Waals surface area contributed by atoms with Crippen LogP contribution in [-0.2, 0) is 10.0 Å². The molecule has 156 valence electrons. The van der Waals surface area contributed by atoms with E-state index in [1.54, 1.807) is 43.6 Å². The second kappa shape index (κ2) is 9.51. The van der Waals surface area contributed by atoms with Crippen molar-refractivity contribution in [2.75, 3.05) is 11.9 Å². The van der Waals surface area contributed by atoms with Gasteiger partial charge in [-0.25, -0.2) is 17.9 Å². The maximum Gasteiger partial charge on any atom is 0.319 e. The standard InChI is InChI=1S/C22H24N4O3S/c1-16-8-9-21(17(2)14-16)30(28,29)24-15-20(18-6-4-3-5-7-18)26-22(27)25-19-10-12-23-13-11-19/h3-14,20,24H,15H2,1-2H3,(H2,23,25,26,27). The smallest absolute Gasteiger partial charge is 0.319 e. The highest BCUT2D eigenvalue weighted by molar-refractivity contribution is 7.89. The molecule has 2 aromatic carbocycles. The molecule has 0 saturated heterocycles. The lowest BCUT2D eigenvalue weighted by atomic mass is 10.1. The minimum atomic E-state index is -3.74. The van der Waals surface area contributed by atoms with E-state index in [-0.39, 0.29) is 11.4 Å². The van der Waals surface area contributed by atoms with Gasteiger partial charge in [-0.15, -0.1) is 0 Å². The predicted octanol–water partition coefficient (Wildman–Crippen LogP) is 3.54. The number of sulfonamides is 1. The Morgan fingerprint density at radius 1 is 1.00 bits per heavy atom. The zero-order chi connectivity index (χ0) is 21.6. The van der Waals surface area contributed by atoms with Crippen LogP contribution >= 0.6 is 0 Å². The molecule has 7 nitrogen and oxygen atoms in total. The van der Waals surface area contributed by atoms with Crippen LogP contribution in [0.15, 0.2) is 78.0 Å². The number of pyridine rings is 1. The normalized spacial score (nSPS) is 12.2. The first-order chi connectivity index (χ1) is 14.3. The van der Waals surface area contributed by atoms with Crippen LogP contribution in [0.4, 0.5) is 10.5 Å². The lowest BCUT2D eigenvalue weighted by Crippen LogP contribution is -2.39. The maximum absolute atomic E-state index is 12.8. The number of amides is 2. The van der Waals surface area contributed by atoms with Crippen LogP contribution < -0.4 is 15.4 Å². The second-order valence-electron chi connectivity index (χ2n) is 6.92. The second-order valence-corrected chi connectivity index (χ2v) is 8.65. The number of nitrogens with one attached hydrogen (secondary N) is 3. The average Bonchev–Trinajstić information content (AvgIpc) is 2.72. The van der Waals surface area contributed by atoms with E-state index in [0.717, 1.165) is 11.1 Å². The van der Waals surface area contributed by atoms with E-state index in [4.69, 9.17) is 0 Å². The fourth-order valence-electron chi connectivity index (χ4n) is 3.07. The summed E-state index contributed by atoms with van der Waals surface area (Å²) in [5.74, 6) is 0. The average molecular weight is 425 g/mol. The van der Waals surface area contributed by atoms with Crippen LogP contribution in [-0.4, -0.2) is 26.0 Å². The molecule has 3 rings (SSSR count). The van der Waals surface area contributed by atoms with Crippen molar-refractivity contribution >= 4 is 21.7 Å². The molecule has 1 heterocycles. The minimum absolute atomic E-state index is 0.00340. The highest BCUT2D eigenvalue weighted by Crippen LogP contribution is 2.18. The number of carbonyl (C=O) groups is 1. The SMILES string of the molecule is Cc1ccc(S(=O)(=O)NCC(NC(=O)Nc2ccncc2)c2ccccc2)c(C)c1. The molecule has 0 aliphatic heterocycles. The van der Waals surface area contributed by atoms with Gasteiger partial charge in [0, 0.05) is 24.6 Å². The molecule has 3 N–H and O–H groups in total. The summed E-state index contributed by atoms with van der Waals surface area (Å²) in [7, 11) is -3.74. The zero-order valence-electron chi connectivity index (χ0n) is 16.8. The third-order valence-electron chi connectivity index (χ3n) is 4.54. The van der Waals surface area contributed by atoms with Crippen molar-refractivity contribution in [3.63, 3.8) is 0 Å². The fourth-order valence-corrected chi connectivity index (χ4v) is 4.34. The van der Waals surface area contributed by atoms with Crippen molar-refractivity contribution in [3.8, 4) is 0 Å². The quantitative estimate of drug-likeness (QED) is 0.540. The van der Waals surface area contributed by atoms with Crippen molar-refractivity contribution in [3.05, 3.63) is 89.7 Å². The number of urea groups is 1. The third-order valence-corrected chi connectivity index (χ3v) is 6.13. The highest BCUT2D eigenvalue weighted by Gasteiger charge is 2.21. The molecule has 0 saturated carbocycles. The largest absolute Gasteiger partial charge is 0.330 e. The van der Waals surface area contributed by atoms with Crippen molar-refractivity contribution in [1.29, 1.82) is 0 Å². The summed E-state index contributed by atoms with van der Waals surface area (Å²) in [4.78, 5) is 16.6. The van der Waals surface area contributed by atoms with Gasteiger partial charge in [-0.2, -0.15) is 0 Å². The Morgan fingerprint density at radius 3 is 2.37 bits per heavy atom. The van der Waals surface area contributed by atoms with Crippen LogP contribution in [0.25, 0.3) is 0 Å². The Labute approximate surface area is 176 Å². The molecule has 0 aliphatic rings. The van der Waals surface area contributed by atoms with Crippen LogP contribution in [0.3, 0.4) is 0 Å². The number of hydrogen-bond donors (Lipinski definition) is 3. The van der Waals surface area contributed by atoms with Gasteiger partial charge in [0.1, 0.15) is 0 Å². The van der Waals surface area contributed by atoms with Crippen LogP contribution in [0.1, 0.15) is 22.7 Å². The van der Waals surface area contributed by atoms with Gasteiger partial charge in [0.25, 0.3) is 0 Å². The van der Waals surface area contributed by atoms with E-state index in [1.807, 2.05) is 43.3 Å². The molecule has 2 amide bonds. The Balaban J connectivity index is 1.75. The van der Waals surface area contributed by atoms with E-state index in [0.29, 0.717) is 11.3 Å². The van der Waals surface area contributed by atoms with Crippen molar-refractivity contribution in [1.82, 2.24) is 15.0 Å². The molecule has 1 aromatic heterocycles. The van der Waals surface area contributed by atoms with E-state index < -0.39 is 22.1 Å². The first-order valence-corrected chi connectivity index (χ1v) is 10.9. The van der Waals surface area contributed by atoms with Gasteiger partial charge < -0.3 is 10.6 Å². The van der Waals surface area contributed by atoms with Crippen molar-refractivity contribution < 1.29 is 13.2 Å². The first-order valence-electron chi connectivity index (χ1n) is 9.44. The maximum atomic E-state index is 12.8. The van der Waals surface area contributed by atoms with Crippen molar-refractivity contribution in [2.45, 2.75) is 24.8 Å². The number of nitrogens with zero attached hydrogens (tertiary/aromatic N) is 1. The summed E-state index contributed by atoms with van der Waals surface area (Å²) in [5, 5.41) is 5.55. The Morgan fingerprint density at radius 2 is 1.70 bits per heavy atom. The summed E-state index contributed by atoms with van der Waals surface area (Å²) >= 11 is 0. The monoisotopic (exact) mass is 424 g/mol. The molecule has 0 spiro atoms. The molecule has 0 bridgehead atoms.